The highest BCUT2D eigenvalue weighted by Crippen LogP contribution is 2.34. The van der Waals surface area contributed by atoms with E-state index in [1.165, 1.54) is 10.2 Å². The summed E-state index contributed by atoms with van der Waals surface area (Å²) in [6.07, 6.45) is 1.08. The lowest BCUT2D eigenvalue weighted by Gasteiger charge is -2.27. The van der Waals surface area contributed by atoms with E-state index in [2.05, 4.69) is 42.9 Å². The number of anilines is 1. The predicted molar refractivity (Wildman–Crippen MR) is 63.8 cm³/mol. The fourth-order valence-corrected chi connectivity index (χ4v) is 2.79. The van der Waals surface area contributed by atoms with Gasteiger partial charge in [0, 0.05) is 10.9 Å². The van der Waals surface area contributed by atoms with Gasteiger partial charge in [-0.3, -0.25) is 0 Å². The third kappa shape index (κ3) is 1.23. The van der Waals surface area contributed by atoms with E-state index in [4.69, 9.17) is 5.73 Å². The Morgan fingerprint density at radius 1 is 1.50 bits per heavy atom. The van der Waals surface area contributed by atoms with Crippen LogP contribution in [0.1, 0.15) is 27.2 Å². The predicted octanol–water partition coefficient (Wildman–Crippen LogP) is 3.43. The molecule has 0 aliphatic heterocycles. The van der Waals surface area contributed by atoms with Crippen molar-refractivity contribution < 1.29 is 0 Å². The van der Waals surface area contributed by atoms with Crippen LogP contribution in [0.3, 0.4) is 0 Å². The van der Waals surface area contributed by atoms with Crippen LogP contribution in [0, 0.1) is 0 Å². The minimum atomic E-state index is 0.108. The molecule has 0 aliphatic carbocycles. The van der Waals surface area contributed by atoms with Gasteiger partial charge in [-0.25, -0.2) is 0 Å². The van der Waals surface area contributed by atoms with Gasteiger partial charge in [0.1, 0.15) is 10.6 Å². The topological polar surface area (TPSA) is 30.9 Å². The maximum atomic E-state index is 6.03. The Hall–Kier alpha value is -0.960. The van der Waals surface area contributed by atoms with Gasteiger partial charge in [0.05, 0.1) is 0 Å². The van der Waals surface area contributed by atoms with Crippen molar-refractivity contribution in [3.8, 4) is 0 Å². The molecule has 0 amide bonds. The molecule has 0 aromatic carbocycles. The molecule has 14 heavy (non-hydrogen) atoms. The largest absolute Gasteiger partial charge is 0.385 e. The highest BCUT2D eigenvalue weighted by molar-refractivity contribution is 7.16. The fourth-order valence-electron chi connectivity index (χ4n) is 1.73. The maximum absolute atomic E-state index is 6.03. The zero-order valence-electron chi connectivity index (χ0n) is 8.87. The van der Waals surface area contributed by atoms with Crippen molar-refractivity contribution in [2.45, 2.75) is 32.7 Å². The lowest BCUT2D eigenvalue weighted by molar-refractivity contribution is 0.360. The summed E-state index contributed by atoms with van der Waals surface area (Å²) in [5.41, 5.74) is 6.14. The molecule has 2 rings (SSSR count). The molecule has 0 aliphatic rings. The van der Waals surface area contributed by atoms with Gasteiger partial charge in [-0.05, 0) is 37.8 Å². The van der Waals surface area contributed by atoms with Gasteiger partial charge in [0.15, 0.2) is 0 Å². The first-order valence-corrected chi connectivity index (χ1v) is 5.79. The summed E-state index contributed by atoms with van der Waals surface area (Å²) in [6.45, 7) is 6.64. The van der Waals surface area contributed by atoms with Gasteiger partial charge in [0.2, 0.25) is 0 Å². The van der Waals surface area contributed by atoms with E-state index in [0.717, 1.165) is 12.2 Å². The highest BCUT2D eigenvalue weighted by atomic mass is 32.1. The van der Waals surface area contributed by atoms with Crippen molar-refractivity contribution in [3.05, 3.63) is 17.5 Å². The average Bonchev–Trinajstić information content (AvgIpc) is 2.62. The SMILES string of the molecule is CCC(C)(C)n1c(N)cc2ccsc21. The Labute approximate surface area is 88.3 Å². The summed E-state index contributed by atoms with van der Waals surface area (Å²) >= 11 is 1.76. The van der Waals surface area contributed by atoms with Crippen LogP contribution in [0.5, 0.6) is 0 Å². The molecule has 2 heterocycles. The van der Waals surface area contributed by atoms with Crippen molar-refractivity contribution in [2.24, 2.45) is 0 Å². The van der Waals surface area contributed by atoms with Crippen LogP contribution >= 0.6 is 11.3 Å². The average molecular weight is 208 g/mol. The molecule has 76 valence electrons. The highest BCUT2D eigenvalue weighted by Gasteiger charge is 2.22. The molecule has 3 heteroatoms. The number of thiophene rings is 1. The van der Waals surface area contributed by atoms with Gasteiger partial charge in [0.25, 0.3) is 0 Å². The van der Waals surface area contributed by atoms with Gasteiger partial charge < -0.3 is 10.3 Å². The van der Waals surface area contributed by atoms with E-state index >= 15 is 0 Å². The summed E-state index contributed by atoms with van der Waals surface area (Å²) in [7, 11) is 0. The number of nitrogens with zero attached hydrogens (tertiary/aromatic N) is 1. The van der Waals surface area contributed by atoms with Gasteiger partial charge in [-0.15, -0.1) is 11.3 Å². The molecule has 0 unspecified atom stereocenters. The first-order valence-electron chi connectivity index (χ1n) is 4.91. The van der Waals surface area contributed by atoms with Crippen LogP contribution in [0.2, 0.25) is 0 Å². The molecule has 2 aromatic rings. The molecule has 0 spiro atoms. The lowest BCUT2D eigenvalue weighted by atomic mass is 10.0. The van der Waals surface area contributed by atoms with E-state index in [1.807, 2.05) is 0 Å². The second-order valence-corrected chi connectivity index (χ2v) is 5.15. The molecule has 0 saturated carbocycles. The van der Waals surface area contributed by atoms with E-state index in [0.29, 0.717) is 0 Å². The monoisotopic (exact) mass is 208 g/mol. The number of hydrogen-bond donors (Lipinski definition) is 1. The molecular weight excluding hydrogens is 192 g/mol. The molecule has 2 aromatic heterocycles. The van der Waals surface area contributed by atoms with E-state index in [9.17, 15) is 0 Å². The van der Waals surface area contributed by atoms with Crippen LogP contribution < -0.4 is 5.73 Å². The Kier molecular flexibility index (Phi) is 2.07. The van der Waals surface area contributed by atoms with Crippen molar-refractivity contribution in [1.82, 2.24) is 4.57 Å². The first kappa shape index (κ1) is 9.59. The summed E-state index contributed by atoms with van der Waals surface area (Å²) in [6, 6.07) is 4.18. The molecule has 2 nitrogen and oxygen atoms in total. The summed E-state index contributed by atoms with van der Waals surface area (Å²) < 4.78 is 2.24. The Morgan fingerprint density at radius 3 is 2.86 bits per heavy atom. The van der Waals surface area contributed by atoms with Gasteiger partial charge in [-0.1, -0.05) is 6.92 Å². The van der Waals surface area contributed by atoms with Crippen molar-refractivity contribution in [1.29, 1.82) is 0 Å². The van der Waals surface area contributed by atoms with Crippen LogP contribution in [-0.4, -0.2) is 4.57 Å². The van der Waals surface area contributed by atoms with Gasteiger partial charge in [-0.2, -0.15) is 0 Å². The standard InChI is InChI=1S/C11H16N2S/c1-4-11(2,3)13-9(12)7-8-5-6-14-10(8)13/h5-7H,4,12H2,1-3H3. The normalized spacial score (nSPS) is 12.5. The van der Waals surface area contributed by atoms with E-state index < -0.39 is 0 Å². The molecule has 0 radical (unpaired) electrons. The quantitative estimate of drug-likeness (QED) is 0.805. The van der Waals surface area contributed by atoms with Crippen LogP contribution in [-0.2, 0) is 5.54 Å². The van der Waals surface area contributed by atoms with Gasteiger partial charge >= 0.3 is 0 Å². The number of hydrogen-bond acceptors (Lipinski definition) is 2. The smallest absolute Gasteiger partial charge is 0.105 e. The minimum absolute atomic E-state index is 0.108. The molecule has 0 atom stereocenters. The summed E-state index contributed by atoms with van der Waals surface area (Å²) in [5, 5.41) is 3.38. The Morgan fingerprint density at radius 2 is 2.21 bits per heavy atom. The van der Waals surface area contributed by atoms with Crippen molar-refractivity contribution >= 4 is 27.4 Å². The first-order chi connectivity index (χ1) is 6.56. The van der Waals surface area contributed by atoms with Crippen LogP contribution in [0.4, 0.5) is 5.82 Å². The molecule has 0 saturated heterocycles. The van der Waals surface area contributed by atoms with Crippen LogP contribution in [0.25, 0.3) is 10.2 Å². The Bertz CT molecular complexity index is 451. The molecule has 0 fully saturated rings. The number of fused-ring (bicyclic) bond motifs is 1. The van der Waals surface area contributed by atoms with E-state index in [1.54, 1.807) is 11.3 Å². The number of nitrogens with two attached hydrogens (primary N) is 1. The van der Waals surface area contributed by atoms with Crippen molar-refractivity contribution in [2.75, 3.05) is 5.73 Å². The Balaban J connectivity index is 2.70. The van der Waals surface area contributed by atoms with E-state index in [-0.39, 0.29) is 5.54 Å². The number of nitrogen functional groups attached to an aromatic ring is 1. The number of aromatic nitrogens is 1. The zero-order chi connectivity index (χ0) is 10.3. The molecule has 2 N–H and O–H groups in total. The maximum Gasteiger partial charge on any atom is 0.105 e. The second-order valence-electron chi connectivity index (χ2n) is 4.25. The summed E-state index contributed by atoms with van der Waals surface area (Å²) in [5.74, 6) is 0.874. The number of rotatable bonds is 2. The lowest BCUT2D eigenvalue weighted by Crippen LogP contribution is -2.25. The third-order valence-corrected chi connectivity index (χ3v) is 3.82. The third-order valence-electron chi connectivity index (χ3n) is 2.91. The zero-order valence-corrected chi connectivity index (χ0v) is 9.69. The van der Waals surface area contributed by atoms with Crippen LogP contribution in [0.15, 0.2) is 17.5 Å². The molecule has 0 bridgehead atoms. The van der Waals surface area contributed by atoms with Crippen molar-refractivity contribution in [3.63, 3.8) is 0 Å². The second kappa shape index (κ2) is 3.02. The fraction of sp³-hybridized carbons (Fsp3) is 0.455. The molecular formula is C11H16N2S. The summed E-state index contributed by atoms with van der Waals surface area (Å²) in [4.78, 5) is 1.29. The minimum Gasteiger partial charge on any atom is -0.385 e.